The summed E-state index contributed by atoms with van der Waals surface area (Å²) < 4.78 is 0. The van der Waals surface area contributed by atoms with E-state index in [9.17, 15) is 4.79 Å². The molecule has 0 atom stereocenters. The van der Waals surface area contributed by atoms with Crippen molar-refractivity contribution in [2.45, 2.75) is 32.0 Å². The third-order valence-electron chi connectivity index (χ3n) is 7.14. The van der Waals surface area contributed by atoms with Gasteiger partial charge in [0.05, 0.1) is 0 Å². The van der Waals surface area contributed by atoms with Gasteiger partial charge in [-0.3, -0.25) is 14.6 Å². The van der Waals surface area contributed by atoms with E-state index in [0.29, 0.717) is 0 Å². The summed E-state index contributed by atoms with van der Waals surface area (Å²) in [5.74, 6) is 1.10. The molecule has 3 aromatic rings. The third-order valence-corrected chi connectivity index (χ3v) is 7.14. The molecule has 2 saturated heterocycles. The molecule has 182 valence electrons. The topological polar surface area (TPSA) is 51.7 Å². The highest BCUT2D eigenvalue weighted by Gasteiger charge is 2.22. The smallest absolute Gasteiger partial charge is 0.251 e. The first-order chi connectivity index (χ1) is 17.2. The van der Waals surface area contributed by atoms with E-state index in [2.05, 4.69) is 73.5 Å². The number of nitrogens with one attached hydrogen (secondary N) is 1. The van der Waals surface area contributed by atoms with Gasteiger partial charge in [-0.2, -0.15) is 0 Å². The van der Waals surface area contributed by atoms with Crippen LogP contribution in [0, 0.1) is 0 Å². The van der Waals surface area contributed by atoms with Crippen molar-refractivity contribution in [1.82, 2.24) is 20.1 Å². The number of benzene rings is 2. The second kappa shape index (κ2) is 11.5. The van der Waals surface area contributed by atoms with Crippen molar-refractivity contribution in [2.24, 2.45) is 0 Å². The second-order valence-electron chi connectivity index (χ2n) is 9.66. The summed E-state index contributed by atoms with van der Waals surface area (Å²) in [5, 5.41) is 3.25. The lowest BCUT2D eigenvalue weighted by Gasteiger charge is -2.35. The number of hydrogen-bond acceptors (Lipinski definition) is 5. The number of rotatable bonds is 7. The second-order valence-corrected chi connectivity index (χ2v) is 9.66. The number of nitrogens with zero attached hydrogens (tertiary/aromatic N) is 4. The van der Waals surface area contributed by atoms with E-state index >= 15 is 0 Å². The Morgan fingerprint density at radius 3 is 2.03 bits per heavy atom. The molecule has 0 aliphatic carbocycles. The van der Waals surface area contributed by atoms with Gasteiger partial charge in [-0.05, 0) is 48.2 Å². The van der Waals surface area contributed by atoms with Crippen LogP contribution in [0.25, 0.3) is 0 Å². The van der Waals surface area contributed by atoms with Gasteiger partial charge in [0.15, 0.2) is 0 Å². The monoisotopic (exact) mass is 469 g/mol. The van der Waals surface area contributed by atoms with Crippen LogP contribution in [0.3, 0.4) is 0 Å². The van der Waals surface area contributed by atoms with Gasteiger partial charge in [0.25, 0.3) is 5.91 Å². The first-order valence-electron chi connectivity index (χ1n) is 12.8. The normalized spacial score (nSPS) is 17.9. The Hall–Kier alpha value is -3.22. The average molecular weight is 470 g/mol. The number of piperidine rings is 1. The van der Waals surface area contributed by atoms with Crippen LogP contribution in [-0.2, 0) is 13.1 Å². The molecule has 1 aromatic heterocycles. The molecule has 0 saturated carbocycles. The van der Waals surface area contributed by atoms with Crippen LogP contribution in [0.2, 0.25) is 0 Å². The summed E-state index contributed by atoms with van der Waals surface area (Å²) in [6, 6.07) is 25.1. The molecular formula is C29H35N5O. The predicted molar refractivity (Wildman–Crippen MR) is 140 cm³/mol. The first-order valence-corrected chi connectivity index (χ1v) is 12.8. The number of piperazine rings is 1. The van der Waals surface area contributed by atoms with Crippen molar-refractivity contribution in [3.8, 4) is 0 Å². The lowest BCUT2D eigenvalue weighted by Crippen LogP contribution is -2.46. The summed E-state index contributed by atoms with van der Waals surface area (Å²) in [7, 11) is 0. The Balaban J connectivity index is 1.05. The molecule has 1 amide bonds. The van der Waals surface area contributed by atoms with E-state index in [4.69, 9.17) is 0 Å². The van der Waals surface area contributed by atoms with Gasteiger partial charge in [-0.25, -0.2) is 4.98 Å². The van der Waals surface area contributed by atoms with Crippen molar-refractivity contribution in [3.05, 3.63) is 95.7 Å². The van der Waals surface area contributed by atoms with Gasteiger partial charge in [-0.15, -0.1) is 0 Å². The number of carbonyl (C=O) groups is 1. The van der Waals surface area contributed by atoms with Crippen LogP contribution in [0.1, 0.15) is 34.3 Å². The number of aromatic nitrogens is 1. The number of amides is 1. The van der Waals surface area contributed by atoms with Crippen LogP contribution in [0.4, 0.5) is 5.82 Å². The minimum absolute atomic E-state index is 0.0436. The molecule has 5 rings (SSSR count). The van der Waals surface area contributed by atoms with Crippen molar-refractivity contribution < 1.29 is 4.79 Å². The molecule has 6 nitrogen and oxygen atoms in total. The van der Waals surface area contributed by atoms with Crippen molar-refractivity contribution in [3.63, 3.8) is 0 Å². The van der Waals surface area contributed by atoms with Crippen molar-refractivity contribution >= 4 is 11.7 Å². The summed E-state index contributed by atoms with van der Waals surface area (Å²) >= 11 is 0. The van der Waals surface area contributed by atoms with Crippen molar-refractivity contribution in [1.29, 1.82) is 0 Å². The van der Waals surface area contributed by atoms with Gasteiger partial charge in [-0.1, -0.05) is 48.5 Å². The Bertz CT molecular complexity index is 1060. The molecule has 2 aromatic carbocycles. The van der Waals surface area contributed by atoms with E-state index in [1.807, 2.05) is 30.5 Å². The van der Waals surface area contributed by atoms with Crippen LogP contribution in [0.15, 0.2) is 79.0 Å². The van der Waals surface area contributed by atoms with Gasteiger partial charge in [0, 0.05) is 70.2 Å². The lowest BCUT2D eigenvalue weighted by atomic mass is 10.0. The molecule has 0 unspecified atom stereocenters. The third kappa shape index (κ3) is 6.47. The number of carbonyl (C=O) groups excluding carboxylic acids is 1. The summed E-state index contributed by atoms with van der Waals surface area (Å²) in [6.07, 6.45) is 3.86. The maximum Gasteiger partial charge on any atom is 0.251 e. The summed E-state index contributed by atoms with van der Waals surface area (Å²) in [4.78, 5) is 24.6. The highest BCUT2D eigenvalue weighted by atomic mass is 16.1. The molecule has 2 aliphatic heterocycles. The quantitative estimate of drug-likeness (QED) is 0.571. The van der Waals surface area contributed by atoms with E-state index in [1.54, 1.807) is 0 Å². The maximum atomic E-state index is 12.8. The van der Waals surface area contributed by atoms with Crippen LogP contribution >= 0.6 is 0 Å². The maximum absolute atomic E-state index is 12.8. The zero-order valence-electron chi connectivity index (χ0n) is 20.4. The van der Waals surface area contributed by atoms with Crippen LogP contribution in [-0.4, -0.2) is 66.0 Å². The fourth-order valence-electron chi connectivity index (χ4n) is 5.04. The highest BCUT2D eigenvalue weighted by Crippen LogP contribution is 2.17. The zero-order valence-corrected chi connectivity index (χ0v) is 20.4. The van der Waals surface area contributed by atoms with Gasteiger partial charge in [0.2, 0.25) is 0 Å². The predicted octanol–water partition coefficient (Wildman–Crippen LogP) is 3.80. The van der Waals surface area contributed by atoms with Gasteiger partial charge < -0.3 is 10.2 Å². The minimum Gasteiger partial charge on any atom is -0.354 e. The summed E-state index contributed by atoms with van der Waals surface area (Å²) in [6.45, 7) is 7.95. The van der Waals surface area contributed by atoms with Crippen molar-refractivity contribution in [2.75, 3.05) is 44.2 Å². The number of anilines is 1. The molecule has 0 radical (unpaired) electrons. The average Bonchev–Trinajstić information content (AvgIpc) is 2.92. The van der Waals surface area contributed by atoms with Crippen LogP contribution in [0.5, 0.6) is 0 Å². The molecule has 3 heterocycles. The number of likely N-dealkylation sites (tertiary alicyclic amines) is 1. The molecule has 6 heteroatoms. The fraction of sp³-hybridized carbons (Fsp3) is 0.379. The lowest BCUT2D eigenvalue weighted by molar-refractivity contribution is 0.0909. The standard InChI is InChI=1S/C29H35N5O/c35-29(31-27-13-16-32(17-14-27)22-24-6-2-1-3-7-24)26-11-9-25(10-12-26)23-33-18-20-34(21-19-33)28-8-4-5-15-30-28/h1-12,15,27H,13-14,16-23H2,(H,31,35). The molecule has 0 spiro atoms. The van der Waals surface area contributed by atoms with E-state index in [-0.39, 0.29) is 11.9 Å². The number of pyridine rings is 1. The van der Waals surface area contributed by atoms with Gasteiger partial charge in [0.1, 0.15) is 5.82 Å². The van der Waals surface area contributed by atoms with Crippen LogP contribution < -0.4 is 10.2 Å². The summed E-state index contributed by atoms with van der Waals surface area (Å²) in [5.41, 5.74) is 3.35. The molecular weight excluding hydrogens is 434 g/mol. The molecule has 2 aliphatic rings. The van der Waals surface area contributed by atoms with E-state index in [0.717, 1.165) is 76.6 Å². The highest BCUT2D eigenvalue weighted by molar-refractivity contribution is 5.94. The Kier molecular flexibility index (Phi) is 7.71. The van der Waals surface area contributed by atoms with E-state index in [1.165, 1.54) is 11.1 Å². The largest absolute Gasteiger partial charge is 0.354 e. The Morgan fingerprint density at radius 1 is 0.743 bits per heavy atom. The Labute approximate surface area is 208 Å². The molecule has 0 bridgehead atoms. The SMILES string of the molecule is O=C(NC1CCN(Cc2ccccc2)CC1)c1ccc(CN2CCN(c3ccccn3)CC2)cc1. The minimum atomic E-state index is 0.0436. The Morgan fingerprint density at radius 2 is 1.37 bits per heavy atom. The first kappa shape index (κ1) is 23.5. The zero-order chi connectivity index (χ0) is 23.9. The molecule has 2 fully saturated rings. The van der Waals surface area contributed by atoms with E-state index < -0.39 is 0 Å². The molecule has 1 N–H and O–H groups in total. The molecule has 35 heavy (non-hydrogen) atoms. The fourth-order valence-corrected chi connectivity index (χ4v) is 5.04. The van der Waals surface area contributed by atoms with Gasteiger partial charge >= 0.3 is 0 Å². The number of hydrogen-bond donors (Lipinski definition) is 1.